The van der Waals surface area contributed by atoms with Crippen LogP contribution < -0.4 is 10.5 Å². The number of aliphatic hydroxyl groups is 1. The first-order valence-corrected chi connectivity index (χ1v) is 6.58. The van der Waals surface area contributed by atoms with E-state index >= 15 is 0 Å². The Kier molecular flexibility index (Phi) is 5.25. The van der Waals surface area contributed by atoms with Crippen LogP contribution in [0.2, 0.25) is 0 Å². The van der Waals surface area contributed by atoms with Crippen LogP contribution in [0.25, 0.3) is 0 Å². The van der Waals surface area contributed by atoms with Crippen LogP contribution in [0.5, 0.6) is 5.75 Å². The largest absolute Gasteiger partial charge is 0.435 e. The van der Waals surface area contributed by atoms with E-state index in [1.165, 1.54) is 12.1 Å². The molecule has 2 rings (SSSR count). The van der Waals surface area contributed by atoms with Crippen molar-refractivity contribution in [2.24, 2.45) is 5.73 Å². The highest BCUT2D eigenvalue weighted by atomic mass is 19.3. The van der Waals surface area contributed by atoms with Crippen molar-refractivity contribution in [3.63, 3.8) is 0 Å². The number of hydrogen-bond donors (Lipinski definition) is 2. The van der Waals surface area contributed by atoms with Gasteiger partial charge in [-0.25, -0.2) is 0 Å². The summed E-state index contributed by atoms with van der Waals surface area (Å²) in [7, 11) is 0. The number of rotatable bonds is 6. The molecule has 0 fully saturated rings. The minimum absolute atomic E-state index is 0.0681. The molecular weight excluding hydrogens is 276 g/mol. The normalized spacial score (nSPS) is 14.0. The minimum atomic E-state index is -2.85. The molecular formula is C16H17F2NO2. The summed E-state index contributed by atoms with van der Waals surface area (Å²) in [6.45, 7) is -2.85. The molecule has 2 atom stereocenters. The summed E-state index contributed by atoms with van der Waals surface area (Å²) in [6.07, 6.45) is -0.327. The van der Waals surface area contributed by atoms with Crippen LogP contribution in [0.4, 0.5) is 8.78 Å². The average molecular weight is 293 g/mol. The molecule has 0 aliphatic heterocycles. The van der Waals surface area contributed by atoms with E-state index in [2.05, 4.69) is 4.74 Å². The molecule has 0 heterocycles. The lowest BCUT2D eigenvalue weighted by Gasteiger charge is -2.19. The van der Waals surface area contributed by atoms with Crippen molar-refractivity contribution >= 4 is 0 Å². The van der Waals surface area contributed by atoms with E-state index in [0.717, 1.165) is 5.56 Å². The Morgan fingerprint density at radius 1 is 1.00 bits per heavy atom. The third-order valence-corrected chi connectivity index (χ3v) is 3.19. The van der Waals surface area contributed by atoms with Gasteiger partial charge in [-0.3, -0.25) is 0 Å². The predicted octanol–water partition coefficient (Wildman–Crippen LogP) is 2.89. The maximum absolute atomic E-state index is 12.1. The van der Waals surface area contributed by atoms with Gasteiger partial charge in [0, 0.05) is 6.42 Å². The Hall–Kier alpha value is -1.98. The molecule has 0 aromatic heterocycles. The second kappa shape index (κ2) is 7.15. The van der Waals surface area contributed by atoms with Gasteiger partial charge in [0.1, 0.15) is 5.75 Å². The predicted molar refractivity (Wildman–Crippen MR) is 76.2 cm³/mol. The van der Waals surface area contributed by atoms with E-state index in [1.54, 1.807) is 12.1 Å². The summed E-state index contributed by atoms with van der Waals surface area (Å²) in [5, 5.41) is 10.2. The highest BCUT2D eigenvalue weighted by Gasteiger charge is 2.17. The molecule has 0 aliphatic rings. The fraction of sp³-hybridized carbons (Fsp3) is 0.250. The van der Waals surface area contributed by atoms with Crippen molar-refractivity contribution in [2.45, 2.75) is 25.2 Å². The van der Waals surface area contributed by atoms with Crippen molar-refractivity contribution < 1.29 is 18.6 Å². The Morgan fingerprint density at radius 2 is 1.62 bits per heavy atom. The first-order valence-electron chi connectivity index (χ1n) is 6.58. The molecule has 0 saturated carbocycles. The summed E-state index contributed by atoms with van der Waals surface area (Å²) < 4.78 is 28.4. The Labute approximate surface area is 122 Å². The molecule has 0 unspecified atom stereocenters. The summed E-state index contributed by atoms with van der Waals surface area (Å²) in [5.41, 5.74) is 7.65. The minimum Gasteiger partial charge on any atom is -0.435 e. The molecule has 0 amide bonds. The third-order valence-electron chi connectivity index (χ3n) is 3.19. The Balaban J connectivity index is 2.00. The zero-order chi connectivity index (χ0) is 15.2. The van der Waals surface area contributed by atoms with Gasteiger partial charge in [-0.2, -0.15) is 8.78 Å². The van der Waals surface area contributed by atoms with Gasteiger partial charge in [-0.1, -0.05) is 42.5 Å². The second-order valence-electron chi connectivity index (χ2n) is 4.73. The average Bonchev–Trinajstić information content (AvgIpc) is 2.47. The highest BCUT2D eigenvalue weighted by molar-refractivity contribution is 5.30. The summed E-state index contributed by atoms with van der Waals surface area (Å²) in [5.74, 6) is 0.0681. The molecule has 21 heavy (non-hydrogen) atoms. The number of alkyl halides is 2. The van der Waals surface area contributed by atoms with Crippen molar-refractivity contribution in [1.82, 2.24) is 0 Å². The first-order chi connectivity index (χ1) is 10.1. The van der Waals surface area contributed by atoms with Crippen molar-refractivity contribution in [2.75, 3.05) is 0 Å². The smallest absolute Gasteiger partial charge is 0.387 e. The lowest BCUT2D eigenvalue weighted by atomic mass is 9.97. The maximum Gasteiger partial charge on any atom is 0.387 e. The van der Waals surface area contributed by atoms with Crippen molar-refractivity contribution in [3.8, 4) is 5.75 Å². The van der Waals surface area contributed by atoms with Gasteiger partial charge in [-0.15, -0.1) is 0 Å². The summed E-state index contributed by atoms with van der Waals surface area (Å²) in [6, 6.07) is 14.9. The fourth-order valence-corrected chi connectivity index (χ4v) is 2.08. The molecule has 3 N–H and O–H groups in total. The standard InChI is InChI=1S/C16H17F2NO2/c17-16(18)21-13-8-6-12(7-9-13)15(19)14(20)10-11-4-2-1-3-5-11/h1-9,14-16,20H,10,19H2/t14-,15+/m0/s1. The molecule has 0 saturated heterocycles. The van der Waals surface area contributed by atoms with E-state index in [9.17, 15) is 13.9 Å². The number of aliphatic hydroxyl groups excluding tert-OH is 1. The van der Waals surface area contributed by atoms with E-state index in [0.29, 0.717) is 12.0 Å². The van der Waals surface area contributed by atoms with Gasteiger partial charge in [0.2, 0.25) is 0 Å². The quantitative estimate of drug-likeness (QED) is 0.861. The van der Waals surface area contributed by atoms with Crippen molar-refractivity contribution in [1.29, 1.82) is 0 Å². The fourth-order valence-electron chi connectivity index (χ4n) is 2.08. The van der Waals surface area contributed by atoms with Crippen LogP contribution in [0.3, 0.4) is 0 Å². The number of benzene rings is 2. The van der Waals surface area contributed by atoms with Crippen molar-refractivity contribution in [3.05, 3.63) is 65.7 Å². The topological polar surface area (TPSA) is 55.5 Å². The lowest BCUT2D eigenvalue weighted by Crippen LogP contribution is -2.28. The number of ether oxygens (including phenoxy) is 1. The van der Waals surface area contributed by atoms with Gasteiger partial charge in [0.15, 0.2) is 0 Å². The molecule has 0 radical (unpaired) electrons. The molecule has 112 valence electrons. The van der Waals surface area contributed by atoms with Crippen LogP contribution in [0.15, 0.2) is 54.6 Å². The summed E-state index contributed by atoms with van der Waals surface area (Å²) >= 11 is 0. The van der Waals surface area contributed by atoms with Gasteiger partial charge >= 0.3 is 6.61 Å². The molecule has 2 aromatic rings. The van der Waals surface area contributed by atoms with Crippen LogP contribution in [0, 0.1) is 0 Å². The Bertz CT molecular complexity index is 546. The molecule has 0 aliphatic carbocycles. The molecule has 3 nitrogen and oxygen atoms in total. The molecule has 0 spiro atoms. The van der Waals surface area contributed by atoms with Gasteiger partial charge in [0.25, 0.3) is 0 Å². The highest BCUT2D eigenvalue weighted by Crippen LogP contribution is 2.21. The third kappa shape index (κ3) is 4.51. The van der Waals surface area contributed by atoms with E-state index in [-0.39, 0.29) is 5.75 Å². The van der Waals surface area contributed by atoms with Crippen LogP contribution in [-0.4, -0.2) is 17.8 Å². The van der Waals surface area contributed by atoms with E-state index in [4.69, 9.17) is 5.73 Å². The first kappa shape index (κ1) is 15.4. The van der Waals surface area contributed by atoms with Crippen LogP contribution in [0.1, 0.15) is 17.2 Å². The van der Waals surface area contributed by atoms with Crippen LogP contribution in [-0.2, 0) is 6.42 Å². The number of halogens is 2. The van der Waals surface area contributed by atoms with Gasteiger partial charge < -0.3 is 15.6 Å². The van der Waals surface area contributed by atoms with E-state index < -0.39 is 18.8 Å². The second-order valence-corrected chi connectivity index (χ2v) is 4.73. The molecule has 5 heteroatoms. The zero-order valence-corrected chi connectivity index (χ0v) is 11.3. The zero-order valence-electron chi connectivity index (χ0n) is 11.3. The van der Waals surface area contributed by atoms with Gasteiger partial charge in [0.05, 0.1) is 12.1 Å². The molecule has 2 aromatic carbocycles. The summed E-state index contributed by atoms with van der Waals surface area (Å²) in [4.78, 5) is 0. The maximum atomic E-state index is 12.1. The van der Waals surface area contributed by atoms with E-state index in [1.807, 2.05) is 30.3 Å². The Morgan fingerprint density at radius 3 is 2.19 bits per heavy atom. The number of nitrogens with two attached hydrogens (primary N) is 1. The monoisotopic (exact) mass is 293 g/mol. The number of hydrogen-bond acceptors (Lipinski definition) is 3. The SMILES string of the molecule is N[C@H](c1ccc(OC(F)F)cc1)[C@@H](O)Cc1ccccc1. The van der Waals surface area contributed by atoms with Gasteiger partial charge in [-0.05, 0) is 23.3 Å². The van der Waals surface area contributed by atoms with Crippen LogP contribution >= 0.6 is 0 Å². The molecule has 0 bridgehead atoms. The lowest BCUT2D eigenvalue weighted by molar-refractivity contribution is -0.0498.